The lowest BCUT2D eigenvalue weighted by atomic mass is 10.1. The van der Waals surface area contributed by atoms with Gasteiger partial charge in [0.15, 0.2) is 0 Å². The zero-order valence-corrected chi connectivity index (χ0v) is 15.6. The van der Waals surface area contributed by atoms with Crippen LogP contribution in [0.15, 0.2) is 42.7 Å². The van der Waals surface area contributed by atoms with Crippen LogP contribution in [0, 0.1) is 11.8 Å². The highest BCUT2D eigenvalue weighted by Gasteiger charge is 2.13. The third-order valence-corrected chi connectivity index (χ3v) is 3.82. The number of pyridine rings is 2. The second-order valence-electron chi connectivity index (χ2n) is 6.80. The van der Waals surface area contributed by atoms with E-state index in [1.807, 2.05) is 31.3 Å². The van der Waals surface area contributed by atoms with Gasteiger partial charge < -0.3 is 20.9 Å². The minimum Gasteiger partial charge on any atom is -0.491 e. The van der Waals surface area contributed by atoms with Crippen LogP contribution in [0.4, 0.5) is 11.6 Å². The van der Waals surface area contributed by atoms with Crippen LogP contribution >= 0.6 is 0 Å². The molecular weight excluding hydrogens is 340 g/mol. The minimum absolute atomic E-state index is 0.225. The molecule has 0 radical (unpaired) electrons. The molecule has 0 aliphatic carbocycles. The van der Waals surface area contributed by atoms with Crippen molar-refractivity contribution in [2.24, 2.45) is 0 Å². The van der Waals surface area contributed by atoms with Crippen molar-refractivity contribution in [3.8, 4) is 17.6 Å². The van der Waals surface area contributed by atoms with Gasteiger partial charge in [-0.2, -0.15) is 0 Å². The van der Waals surface area contributed by atoms with Crippen LogP contribution in [-0.4, -0.2) is 34.3 Å². The fraction of sp³-hybridized carbons (Fsp3) is 0.238. The van der Waals surface area contributed by atoms with Crippen LogP contribution in [0.25, 0.3) is 10.8 Å². The summed E-state index contributed by atoms with van der Waals surface area (Å²) in [6.07, 6.45) is 3.42. The Kier molecular flexibility index (Phi) is 5.15. The number of nitrogen functional groups attached to an aromatic ring is 1. The predicted octanol–water partition coefficient (Wildman–Crippen LogP) is 2.80. The van der Waals surface area contributed by atoms with Gasteiger partial charge in [-0.1, -0.05) is 11.8 Å². The Bertz CT molecular complexity index is 1010. The number of nitrogens with one attached hydrogen (secondary N) is 1. The van der Waals surface area contributed by atoms with E-state index < -0.39 is 5.60 Å². The molecule has 138 valence electrons. The largest absolute Gasteiger partial charge is 0.491 e. The summed E-state index contributed by atoms with van der Waals surface area (Å²) in [7, 11) is 1.81. The summed E-state index contributed by atoms with van der Waals surface area (Å²) in [4.78, 5) is 8.53. The van der Waals surface area contributed by atoms with E-state index in [9.17, 15) is 5.11 Å². The summed E-state index contributed by atoms with van der Waals surface area (Å²) in [5, 5.41) is 14.5. The van der Waals surface area contributed by atoms with Gasteiger partial charge in [0.1, 0.15) is 24.0 Å². The molecule has 6 heteroatoms. The summed E-state index contributed by atoms with van der Waals surface area (Å²) in [6, 6.07) is 9.21. The van der Waals surface area contributed by atoms with E-state index in [-0.39, 0.29) is 6.61 Å². The van der Waals surface area contributed by atoms with E-state index in [4.69, 9.17) is 10.5 Å². The van der Waals surface area contributed by atoms with Crippen molar-refractivity contribution in [1.82, 2.24) is 9.97 Å². The lowest BCUT2D eigenvalue weighted by Crippen LogP contribution is -2.27. The summed E-state index contributed by atoms with van der Waals surface area (Å²) in [5.41, 5.74) is 6.59. The standard InChI is InChI=1S/C21H22N4O2/c1-21(2,26)13-27-16-8-5-14(6-9-16)4-7-15-11-25-20(23-3)18-12-24-19(22)10-17(15)18/h5-6,8-12,26H,13H2,1-3H3,(H2,22,24)(H,23,25). The maximum absolute atomic E-state index is 9.72. The zero-order chi connectivity index (χ0) is 19.4. The number of hydrogen-bond acceptors (Lipinski definition) is 6. The summed E-state index contributed by atoms with van der Waals surface area (Å²) < 4.78 is 5.55. The number of fused-ring (bicyclic) bond motifs is 1. The third-order valence-electron chi connectivity index (χ3n) is 3.82. The molecule has 0 fully saturated rings. The van der Waals surface area contributed by atoms with Crippen molar-refractivity contribution in [3.63, 3.8) is 0 Å². The molecule has 3 rings (SSSR count). The predicted molar refractivity (Wildman–Crippen MR) is 108 cm³/mol. The fourth-order valence-electron chi connectivity index (χ4n) is 2.48. The van der Waals surface area contributed by atoms with E-state index in [1.165, 1.54) is 0 Å². The maximum atomic E-state index is 9.72. The molecule has 0 spiro atoms. The van der Waals surface area contributed by atoms with Gasteiger partial charge in [0, 0.05) is 35.8 Å². The SMILES string of the molecule is CNc1ncc(C#Cc2ccc(OCC(C)(C)O)cc2)c2cc(N)ncc12. The smallest absolute Gasteiger partial charge is 0.135 e. The molecule has 0 saturated carbocycles. The van der Waals surface area contributed by atoms with Crippen molar-refractivity contribution in [3.05, 3.63) is 53.9 Å². The normalized spacial score (nSPS) is 11.0. The summed E-state index contributed by atoms with van der Waals surface area (Å²) in [6.45, 7) is 3.63. The molecule has 6 nitrogen and oxygen atoms in total. The molecule has 0 unspecified atom stereocenters. The van der Waals surface area contributed by atoms with Gasteiger partial charge in [0.2, 0.25) is 0 Å². The number of rotatable bonds is 4. The molecular formula is C21H22N4O2. The van der Waals surface area contributed by atoms with Crippen LogP contribution in [0.5, 0.6) is 5.75 Å². The Balaban J connectivity index is 1.86. The number of nitrogens with two attached hydrogens (primary N) is 1. The molecule has 4 N–H and O–H groups in total. The van der Waals surface area contributed by atoms with Crippen molar-refractivity contribution < 1.29 is 9.84 Å². The zero-order valence-electron chi connectivity index (χ0n) is 15.6. The molecule has 0 aliphatic heterocycles. The molecule has 0 amide bonds. The van der Waals surface area contributed by atoms with E-state index in [1.54, 1.807) is 32.3 Å². The number of ether oxygens (including phenoxy) is 1. The highest BCUT2D eigenvalue weighted by Crippen LogP contribution is 2.24. The van der Waals surface area contributed by atoms with Crippen LogP contribution in [0.2, 0.25) is 0 Å². The van der Waals surface area contributed by atoms with Crippen molar-refractivity contribution >= 4 is 22.4 Å². The van der Waals surface area contributed by atoms with E-state index in [0.29, 0.717) is 11.6 Å². The highest BCUT2D eigenvalue weighted by atomic mass is 16.5. The first-order chi connectivity index (χ1) is 12.9. The molecule has 0 atom stereocenters. The monoisotopic (exact) mass is 362 g/mol. The van der Waals surface area contributed by atoms with Crippen LogP contribution in [0.3, 0.4) is 0 Å². The summed E-state index contributed by atoms with van der Waals surface area (Å²) >= 11 is 0. The lowest BCUT2D eigenvalue weighted by molar-refractivity contribution is 0.0285. The number of aliphatic hydroxyl groups is 1. The van der Waals surface area contributed by atoms with Crippen molar-refractivity contribution in [1.29, 1.82) is 0 Å². The third kappa shape index (κ3) is 4.66. The fourth-order valence-corrected chi connectivity index (χ4v) is 2.48. The number of anilines is 2. The van der Waals surface area contributed by atoms with Crippen LogP contribution < -0.4 is 15.8 Å². The van der Waals surface area contributed by atoms with Crippen molar-refractivity contribution in [2.75, 3.05) is 24.7 Å². The van der Waals surface area contributed by atoms with Gasteiger partial charge in [0.25, 0.3) is 0 Å². The second-order valence-corrected chi connectivity index (χ2v) is 6.80. The molecule has 3 aromatic rings. The van der Waals surface area contributed by atoms with Crippen LogP contribution in [0.1, 0.15) is 25.0 Å². The van der Waals surface area contributed by atoms with E-state index in [0.717, 1.165) is 27.7 Å². The van der Waals surface area contributed by atoms with Crippen molar-refractivity contribution in [2.45, 2.75) is 19.4 Å². The Morgan fingerprint density at radius 3 is 2.52 bits per heavy atom. The van der Waals surface area contributed by atoms with E-state index in [2.05, 4.69) is 27.1 Å². The first kappa shape index (κ1) is 18.5. The molecule has 0 bridgehead atoms. The Morgan fingerprint density at radius 2 is 1.85 bits per heavy atom. The molecule has 2 heterocycles. The first-order valence-corrected chi connectivity index (χ1v) is 8.55. The Labute approximate surface area is 158 Å². The second kappa shape index (κ2) is 7.52. The molecule has 0 saturated heterocycles. The topological polar surface area (TPSA) is 93.3 Å². The molecule has 1 aromatic carbocycles. The number of benzene rings is 1. The van der Waals surface area contributed by atoms with Gasteiger partial charge in [0.05, 0.1) is 11.2 Å². The van der Waals surface area contributed by atoms with Gasteiger partial charge in [-0.25, -0.2) is 9.97 Å². The number of hydrogen-bond donors (Lipinski definition) is 3. The maximum Gasteiger partial charge on any atom is 0.135 e. The van der Waals surface area contributed by atoms with Gasteiger partial charge in [-0.15, -0.1) is 0 Å². The number of nitrogens with zero attached hydrogens (tertiary/aromatic N) is 2. The first-order valence-electron chi connectivity index (χ1n) is 8.55. The minimum atomic E-state index is -0.872. The van der Waals surface area contributed by atoms with Gasteiger partial charge in [-0.05, 0) is 44.2 Å². The Morgan fingerprint density at radius 1 is 1.11 bits per heavy atom. The molecule has 27 heavy (non-hydrogen) atoms. The summed E-state index contributed by atoms with van der Waals surface area (Å²) in [5.74, 6) is 8.14. The average molecular weight is 362 g/mol. The average Bonchev–Trinajstić information content (AvgIpc) is 2.64. The van der Waals surface area contributed by atoms with Crippen LogP contribution in [-0.2, 0) is 0 Å². The molecule has 2 aromatic heterocycles. The number of aromatic nitrogens is 2. The van der Waals surface area contributed by atoms with Gasteiger partial charge in [-0.3, -0.25) is 0 Å². The Hall–Kier alpha value is -3.30. The molecule has 0 aliphatic rings. The van der Waals surface area contributed by atoms with E-state index >= 15 is 0 Å². The highest BCUT2D eigenvalue weighted by molar-refractivity contribution is 5.96. The van der Waals surface area contributed by atoms with Gasteiger partial charge >= 0.3 is 0 Å². The lowest BCUT2D eigenvalue weighted by Gasteiger charge is -2.17. The quantitative estimate of drug-likeness (QED) is 0.618.